The number of hydrogen-bond acceptors (Lipinski definition) is 4. The molecule has 4 nitrogen and oxygen atoms in total. The first-order valence-electron chi connectivity index (χ1n) is 9.36. The highest BCUT2D eigenvalue weighted by atomic mass is 16.1. The van der Waals surface area contributed by atoms with Crippen LogP contribution in [0.5, 0.6) is 0 Å². The van der Waals surface area contributed by atoms with Crippen molar-refractivity contribution >= 4 is 16.7 Å². The Morgan fingerprint density at radius 2 is 1.81 bits per heavy atom. The van der Waals surface area contributed by atoms with E-state index in [4.69, 9.17) is 4.98 Å². The van der Waals surface area contributed by atoms with Crippen LogP contribution in [-0.2, 0) is 17.8 Å². The number of carbonyl (C=O) groups excluding carboxylic acids is 1. The summed E-state index contributed by atoms with van der Waals surface area (Å²) in [6, 6.07) is 18.6. The van der Waals surface area contributed by atoms with Crippen molar-refractivity contribution in [2.75, 3.05) is 27.2 Å². The maximum atomic E-state index is 11.3. The Hall–Kier alpha value is -2.56. The van der Waals surface area contributed by atoms with Crippen LogP contribution in [0.25, 0.3) is 22.2 Å². The van der Waals surface area contributed by atoms with Crippen molar-refractivity contribution in [1.29, 1.82) is 0 Å². The van der Waals surface area contributed by atoms with E-state index in [1.54, 1.807) is 6.92 Å². The van der Waals surface area contributed by atoms with Gasteiger partial charge < -0.3 is 10.2 Å². The zero-order valence-corrected chi connectivity index (χ0v) is 16.3. The van der Waals surface area contributed by atoms with Crippen molar-refractivity contribution in [1.82, 2.24) is 15.2 Å². The molecular weight excluding hydrogens is 334 g/mol. The van der Waals surface area contributed by atoms with Crippen LogP contribution in [-0.4, -0.2) is 42.9 Å². The normalized spacial score (nSPS) is 11.3. The van der Waals surface area contributed by atoms with Crippen LogP contribution in [0.4, 0.5) is 0 Å². The van der Waals surface area contributed by atoms with Gasteiger partial charge in [-0.3, -0.25) is 4.79 Å². The quantitative estimate of drug-likeness (QED) is 0.622. The molecule has 1 aromatic heterocycles. The number of hydrogen-bond donors (Lipinski definition) is 1. The lowest BCUT2D eigenvalue weighted by molar-refractivity contribution is -0.116. The zero-order chi connectivity index (χ0) is 19.2. The lowest BCUT2D eigenvalue weighted by Crippen LogP contribution is -2.26. The maximum absolute atomic E-state index is 11.3. The average Bonchev–Trinajstić information content (AvgIpc) is 2.65. The average molecular weight is 361 g/mol. The summed E-state index contributed by atoms with van der Waals surface area (Å²) in [4.78, 5) is 18.3. The molecule has 140 valence electrons. The van der Waals surface area contributed by atoms with Crippen molar-refractivity contribution in [3.8, 4) is 11.3 Å². The minimum Gasteiger partial charge on any atom is -0.311 e. The number of nitrogens with one attached hydrogen (secondary N) is 1. The monoisotopic (exact) mass is 361 g/mol. The van der Waals surface area contributed by atoms with Crippen LogP contribution in [0.1, 0.15) is 18.1 Å². The van der Waals surface area contributed by atoms with Crippen molar-refractivity contribution in [3.63, 3.8) is 0 Å². The van der Waals surface area contributed by atoms with Crippen LogP contribution in [0, 0.1) is 0 Å². The molecule has 0 amide bonds. The van der Waals surface area contributed by atoms with Gasteiger partial charge in [-0.1, -0.05) is 42.5 Å². The van der Waals surface area contributed by atoms with Crippen LogP contribution >= 0.6 is 0 Å². The van der Waals surface area contributed by atoms with Crippen molar-refractivity contribution in [3.05, 3.63) is 65.7 Å². The molecule has 0 spiro atoms. The molecule has 0 bridgehead atoms. The molecule has 0 atom stereocenters. The number of carbonyl (C=O) groups is 1. The Labute approximate surface area is 161 Å². The Morgan fingerprint density at radius 1 is 1.07 bits per heavy atom. The molecule has 2 aromatic carbocycles. The van der Waals surface area contributed by atoms with Gasteiger partial charge in [0.1, 0.15) is 5.78 Å². The van der Waals surface area contributed by atoms with Gasteiger partial charge in [-0.05, 0) is 44.3 Å². The molecule has 4 heteroatoms. The van der Waals surface area contributed by atoms with Gasteiger partial charge in [0.2, 0.25) is 0 Å². The molecule has 0 aliphatic rings. The van der Waals surface area contributed by atoms with Gasteiger partial charge in [-0.2, -0.15) is 0 Å². The molecule has 1 heterocycles. The SMILES string of the molecule is CC(=O)Cc1ccc(-c2cc(CNCCN(C)C)c3ccccc3n2)cc1. The van der Waals surface area contributed by atoms with Crippen molar-refractivity contribution < 1.29 is 4.79 Å². The third-order valence-corrected chi connectivity index (χ3v) is 4.56. The molecule has 0 aliphatic heterocycles. The molecule has 27 heavy (non-hydrogen) atoms. The lowest BCUT2D eigenvalue weighted by Gasteiger charge is -2.13. The number of ketones is 1. The summed E-state index contributed by atoms with van der Waals surface area (Å²) >= 11 is 0. The predicted octanol–water partition coefficient (Wildman–Crippen LogP) is 3.68. The number of aromatic nitrogens is 1. The van der Waals surface area contributed by atoms with E-state index in [1.165, 1.54) is 10.9 Å². The molecule has 0 saturated carbocycles. The second kappa shape index (κ2) is 8.89. The van der Waals surface area contributed by atoms with Crippen LogP contribution < -0.4 is 5.32 Å². The van der Waals surface area contributed by atoms with Gasteiger partial charge in [-0.15, -0.1) is 0 Å². The minimum atomic E-state index is 0.178. The molecule has 0 saturated heterocycles. The van der Waals surface area contributed by atoms with E-state index in [1.807, 2.05) is 18.2 Å². The van der Waals surface area contributed by atoms with Crippen molar-refractivity contribution in [2.24, 2.45) is 0 Å². The fourth-order valence-electron chi connectivity index (χ4n) is 3.15. The van der Waals surface area contributed by atoms with E-state index in [0.717, 1.165) is 42.0 Å². The first kappa shape index (κ1) is 19.2. The summed E-state index contributed by atoms with van der Waals surface area (Å²) in [5, 5.41) is 4.71. The Kier molecular flexibility index (Phi) is 6.32. The minimum absolute atomic E-state index is 0.178. The molecule has 1 N–H and O–H groups in total. The maximum Gasteiger partial charge on any atom is 0.134 e. The smallest absolute Gasteiger partial charge is 0.134 e. The summed E-state index contributed by atoms with van der Waals surface area (Å²) in [6.07, 6.45) is 0.479. The van der Waals surface area contributed by atoms with Gasteiger partial charge in [0.15, 0.2) is 0 Å². The van der Waals surface area contributed by atoms with Crippen LogP contribution in [0.3, 0.4) is 0 Å². The predicted molar refractivity (Wildman–Crippen MR) is 112 cm³/mol. The van der Waals surface area contributed by atoms with E-state index >= 15 is 0 Å². The fraction of sp³-hybridized carbons (Fsp3) is 0.304. The van der Waals surface area contributed by atoms with E-state index in [9.17, 15) is 4.79 Å². The Balaban J connectivity index is 1.88. The number of fused-ring (bicyclic) bond motifs is 1. The number of nitrogens with zero attached hydrogens (tertiary/aromatic N) is 2. The summed E-state index contributed by atoms with van der Waals surface area (Å²) in [5.74, 6) is 0.178. The number of para-hydroxylation sites is 1. The first-order valence-corrected chi connectivity index (χ1v) is 9.36. The number of Topliss-reactive ketones (excluding diaryl/α,β-unsaturated/α-hetero) is 1. The molecule has 0 fully saturated rings. The standard InChI is InChI=1S/C23H27N3O/c1-17(27)14-18-8-10-19(11-9-18)23-15-20(16-24-12-13-26(2)3)21-6-4-5-7-22(21)25-23/h4-11,15,24H,12-14,16H2,1-3H3. The van der Waals surface area contributed by atoms with E-state index in [-0.39, 0.29) is 5.78 Å². The third-order valence-electron chi connectivity index (χ3n) is 4.56. The van der Waals surface area contributed by atoms with Gasteiger partial charge in [0, 0.05) is 37.0 Å². The summed E-state index contributed by atoms with van der Waals surface area (Å²) in [5.41, 5.74) is 5.34. The van der Waals surface area contributed by atoms with E-state index in [0.29, 0.717) is 6.42 Å². The zero-order valence-electron chi connectivity index (χ0n) is 16.3. The van der Waals surface area contributed by atoms with Crippen LogP contribution in [0.2, 0.25) is 0 Å². The van der Waals surface area contributed by atoms with Crippen molar-refractivity contribution in [2.45, 2.75) is 19.9 Å². The van der Waals surface area contributed by atoms with E-state index in [2.05, 4.69) is 60.7 Å². The first-order chi connectivity index (χ1) is 13.0. The number of pyridine rings is 1. The molecule has 0 radical (unpaired) electrons. The summed E-state index contributed by atoms with van der Waals surface area (Å²) in [6.45, 7) is 4.38. The highest BCUT2D eigenvalue weighted by Crippen LogP contribution is 2.25. The number of benzene rings is 2. The molecule has 0 unspecified atom stereocenters. The Morgan fingerprint density at radius 3 is 2.52 bits per heavy atom. The van der Waals surface area contributed by atoms with Gasteiger partial charge in [-0.25, -0.2) is 4.98 Å². The topological polar surface area (TPSA) is 45.2 Å². The number of likely N-dealkylation sites (N-methyl/N-ethyl adjacent to an activating group) is 1. The van der Waals surface area contributed by atoms with E-state index < -0.39 is 0 Å². The largest absolute Gasteiger partial charge is 0.311 e. The lowest BCUT2D eigenvalue weighted by atomic mass is 10.0. The Bertz CT molecular complexity index is 917. The molecule has 3 aromatic rings. The van der Waals surface area contributed by atoms with Gasteiger partial charge >= 0.3 is 0 Å². The second-order valence-electron chi connectivity index (χ2n) is 7.24. The number of rotatable bonds is 8. The van der Waals surface area contributed by atoms with Gasteiger partial charge in [0.25, 0.3) is 0 Å². The third kappa shape index (κ3) is 5.22. The summed E-state index contributed by atoms with van der Waals surface area (Å²) in [7, 11) is 4.16. The van der Waals surface area contributed by atoms with Crippen LogP contribution in [0.15, 0.2) is 54.6 Å². The molecular formula is C23H27N3O. The molecule has 3 rings (SSSR count). The summed E-state index contributed by atoms with van der Waals surface area (Å²) < 4.78 is 0. The second-order valence-corrected chi connectivity index (χ2v) is 7.24. The fourth-order valence-corrected chi connectivity index (χ4v) is 3.15. The highest BCUT2D eigenvalue weighted by Gasteiger charge is 2.08. The highest BCUT2D eigenvalue weighted by molar-refractivity contribution is 5.85. The van der Waals surface area contributed by atoms with Gasteiger partial charge in [0.05, 0.1) is 11.2 Å². The molecule has 0 aliphatic carbocycles.